The molecular weight excluding hydrogens is 223 g/mol. The van der Waals surface area contributed by atoms with Crippen molar-refractivity contribution in [2.24, 2.45) is 5.92 Å². The third-order valence-corrected chi connectivity index (χ3v) is 2.38. The molecule has 1 heteroatoms. The topological polar surface area (TPSA) is 0 Å². The van der Waals surface area contributed by atoms with Crippen LogP contribution >= 0.6 is 22.6 Å². The summed E-state index contributed by atoms with van der Waals surface area (Å²) >= 11 is 2.39. The van der Waals surface area contributed by atoms with Crippen molar-refractivity contribution in [3.63, 3.8) is 0 Å². The molecule has 0 heterocycles. The summed E-state index contributed by atoms with van der Waals surface area (Å²) in [6.07, 6.45) is 8.41. The minimum absolute atomic E-state index is 0.710. The van der Waals surface area contributed by atoms with Crippen molar-refractivity contribution in [3.8, 4) is 0 Å². The van der Waals surface area contributed by atoms with Crippen molar-refractivity contribution in [1.29, 1.82) is 0 Å². The molecule has 0 saturated carbocycles. The van der Waals surface area contributed by atoms with Crippen LogP contribution in [0.5, 0.6) is 0 Å². The summed E-state index contributed by atoms with van der Waals surface area (Å²) in [5, 5.41) is 0. The lowest BCUT2D eigenvalue weighted by molar-refractivity contribution is 0.862. The summed E-state index contributed by atoms with van der Waals surface area (Å²) in [4.78, 5) is 0. The molecule has 0 N–H and O–H groups in total. The Hall–Kier alpha value is 0.210. The zero-order chi connectivity index (χ0) is 7.11. The Balaban J connectivity index is 3.43. The lowest BCUT2D eigenvalue weighted by atomic mass is 10.2. The lowest BCUT2D eigenvalue weighted by Gasteiger charge is -1.94. The van der Waals surface area contributed by atoms with E-state index in [4.69, 9.17) is 0 Å². The molecule has 0 rings (SSSR count). The van der Waals surface area contributed by atoms with Crippen molar-refractivity contribution in [2.45, 2.75) is 13.8 Å². The summed E-state index contributed by atoms with van der Waals surface area (Å²) in [6, 6.07) is 0. The molecule has 0 amide bonds. The van der Waals surface area contributed by atoms with Crippen LogP contribution in [0.2, 0.25) is 0 Å². The molecule has 0 aromatic carbocycles. The van der Waals surface area contributed by atoms with Crippen molar-refractivity contribution >= 4 is 22.6 Å². The Morgan fingerprint density at radius 1 is 1.44 bits per heavy atom. The fraction of sp³-hybridized carbons (Fsp3) is 0.500. The van der Waals surface area contributed by atoms with Gasteiger partial charge in [0, 0.05) is 4.43 Å². The van der Waals surface area contributed by atoms with Crippen molar-refractivity contribution in [1.82, 2.24) is 0 Å². The molecule has 0 aliphatic rings. The van der Waals surface area contributed by atoms with E-state index in [2.05, 4.69) is 47.7 Å². The monoisotopic (exact) mass is 236 g/mol. The zero-order valence-electron chi connectivity index (χ0n) is 5.97. The summed E-state index contributed by atoms with van der Waals surface area (Å²) < 4.78 is 1.20. The van der Waals surface area contributed by atoms with Gasteiger partial charge in [0.1, 0.15) is 0 Å². The van der Waals surface area contributed by atoms with Crippen LogP contribution in [0.3, 0.4) is 0 Å². The first-order chi connectivity index (χ1) is 4.31. The fourth-order valence-corrected chi connectivity index (χ4v) is 0.710. The molecule has 0 fully saturated rings. The van der Waals surface area contributed by atoms with Gasteiger partial charge in [0.15, 0.2) is 0 Å². The SMILES string of the molecule is C/C=C/C=C\C(C)CI. The number of rotatable bonds is 3. The molecule has 9 heavy (non-hydrogen) atoms. The van der Waals surface area contributed by atoms with E-state index in [1.807, 2.05) is 13.0 Å². The van der Waals surface area contributed by atoms with Crippen LogP contribution in [0.15, 0.2) is 24.3 Å². The van der Waals surface area contributed by atoms with E-state index in [-0.39, 0.29) is 0 Å². The van der Waals surface area contributed by atoms with Crippen LogP contribution in [0.25, 0.3) is 0 Å². The number of allylic oxidation sites excluding steroid dienone is 4. The normalized spacial score (nSPS) is 15.4. The molecule has 0 aliphatic heterocycles. The molecule has 0 nitrogen and oxygen atoms in total. The van der Waals surface area contributed by atoms with Gasteiger partial charge in [-0.25, -0.2) is 0 Å². The minimum atomic E-state index is 0.710. The van der Waals surface area contributed by atoms with Crippen molar-refractivity contribution < 1.29 is 0 Å². The molecule has 0 spiro atoms. The molecule has 1 atom stereocenters. The predicted molar refractivity (Wildman–Crippen MR) is 52.0 cm³/mol. The van der Waals surface area contributed by atoms with Gasteiger partial charge in [-0.3, -0.25) is 0 Å². The van der Waals surface area contributed by atoms with E-state index in [1.54, 1.807) is 0 Å². The Bertz CT molecular complexity index is 103. The molecule has 0 radical (unpaired) electrons. The largest absolute Gasteiger partial charge is 0.0877 e. The van der Waals surface area contributed by atoms with Crippen molar-refractivity contribution in [2.75, 3.05) is 4.43 Å². The lowest BCUT2D eigenvalue weighted by Crippen LogP contribution is -1.86. The quantitative estimate of drug-likeness (QED) is 0.401. The van der Waals surface area contributed by atoms with Gasteiger partial charge in [-0.15, -0.1) is 0 Å². The number of halogens is 1. The van der Waals surface area contributed by atoms with E-state index < -0.39 is 0 Å². The van der Waals surface area contributed by atoms with Gasteiger partial charge >= 0.3 is 0 Å². The van der Waals surface area contributed by atoms with Gasteiger partial charge in [0.25, 0.3) is 0 Å². The molecule has 0 aromatic heterocycles. The first kappa shape index (κ1) is 9.21. The van der Waals surface area contributed by atoms with Gasteiger partial charge in [-0.05, 0) is 12.8 Å². The second-order valence-electron chi connectivity index (χ2n) is 2.04. The Morgan fingerprint density at radius 2 is 2.11 bits per heavy atom. The Labute approximate surface area is 71.2 Å². The first-order valence-corrected chi connectivity index (χ1v) is 4.69. The first-order valence-electron chi connectivity index (χ1n) is 3.16. The van der Waals surface area contributed by atoms with Gasteiger partial charge in [0.05, 0.1) is 0 Å². The molecule has 0 bridgehead atoms. The molecule has 0 aromatic rings. The average Bonchev–Trinajstić information content (AvgIpc) is 1.89. The highest BCUT2D eigenvalue weighted by Crippen LogP contribution is 2.01. The summed E-state index contributed by atoms with van der Waals surface area (Å²) in [5.74, 6) is 0.710. The molecule has 52 valence electrons. The van der Waals surface area contributed by atoms with Gasteiger partial charge < -0.3 is 0 Å². The average molecular weight is 236 g/mol. The molecule has 0 saturated heterocycles. The van der Waals surface area contributed by atoms with Gasteiger partial charge in [0.2, 0.25) is 0 Å². The van der Waals surface area contributed by atoms with Crippen LogP contribution in [0.4, 0.5) is 0 Å². The van der Waals surface area contributed by atoms with Gasteiger partial charge in [-0.2, -0.15) is 0 Å². The Morgan fingerprint density at radius 3 is 2.56 bits per heavy atom. The highest BCUT2D eigenvalue weighted by molar-refractivity contribution is 14.1. The maximum atomic E-state index is 2.39. The highest BCUT2D eigenvalue weighted by atomic mass is 127. The third-order valence-electron chi connectivity index (χ3n) is 0.987. The number of hydrogen-bond acceptors (Lipinski definition) is 0. The van der Waals surface area contributed by atoms with Crippen LogP contribution in [0, 0.1) is 5.92 Å². The van der Waals surface area contributed by atoms with E-state index in [0.29, 0.717) is 5.92 Å². The standard InChI is InChI=1S/C8H13I/c1-3-4-5-6-8(2)7-9/h3-6,8H,7H2,1-2H3/b4-3+,6-5-. The van der Waals surface area contributed by atoms with Crippen LogP contribution in [0.1, 0.15) is 13.8 Å². The highest BCUT2D eigenvalue weighted by Gasteiger charge is 1.88. The zero-order valence-corrected chi connectivity index (χ0v) is 8.13. The van der Waals surface area contributed by atoms with E-state index >= 15 is 0 Å². The summed E-state index contributed by atoms with van der Waals surface area (Å²) in [6.45, 7) is 4.24. The Kier molecular flexibility index (Phi) is 6.48. The minimum Gasteiger partial charge on any atom is -0.0877 e. The molecule has 0 aliphatic carbocycles. The smallest absolute Gasteiger partial charge is 0.00558 e. The second kappa shape index (κ2) is 6.33. The van der Waals surface area contributed by atoms with E-state index in [1.165, 1.54) is 4.43 Å². The summed E-state index contributed by atoms with van der Waals surface area (Å²) in [5.41, 5.74) is 0. The van der Waals surface area contributed by atoms with Gasteiger partial charge in [-0.1, -0.05) is 53.8 Å². The van der Waals surface area contributed by atoms with Crippen LogP contribution < -0.4 is 0 Å². The number of alkyl halides is 1. The second-order valence-corrected chi connectivity index (χ2v) is 2.92. The van der Waals surface area contributed by atoms with Crippen LogP contribution in [-0.4, -0.2) is 4.43 Å². The predicted octanol–water partition coefficient (Wildman–Crippen LogP) is 3.19. The van der Waals surface area contributed by atoms with E-state index in [0.717, 1.165) is 0 Å². The van der Waals surface area contributed by atoms with Crippen molar-refractivity contribution in [3.05, 3.63) is 24.3 Å². The van der Waals surface area contributed by atoms with Crippen LogP contribution in [-0.2, 0) is 0 Å². The fourth-order valence-electron chi connectivity index (χ4n) is 0.416. The molecule has 1 unspecified atom stereocenters. The number of hydrogen-bond donors (Lipinski definition) is 0. The molecular formula is C8H13I. The summed E-state index contributed by atoms with van der Waals surface area (Å²) in [7, 11) is 0. The maximum absolute atomic E-state index is 2.39. The van der Waals surface area contributed by atoms with E-state index in [9.17, 15) is 0 Å². The maximum Gasteiger partial charge on any atom is 0.00558 e. The third kappa shape index (κ3) is 6.09.